The van der Waals surface area contributed by atoms with Crippen molar-refractivity contribution in [3.63, 3.8) is 0 Å². The molecule has 0 radical (unpaired) electrons. The molecule has 7 nitrogen and oxygen atoms in total. The molecule has 0 unspecified atom stereocenters. The van der Waals surface area contributed by atoms with E-state index in [9.17, 15) is 9.59 Å². The van der Waals surface area contributed by atoms with Gasteiger partial charge in [-0.1, -0.05) is 11.6 Å². The predicted octanol–water partition coefficient (Wildman–Crippen LogP) is 3.51. The van der Waals surface area contributed by atoms with Gasteiger partial charge in [-0.15, -0.1) is 0 Å². The van der Waals surface area contributed by atoms with E-state index in [1.807, 2.05) is 49.9 Å². The fraction of sp³-hybridized carbons (Fsp3) is 0.652. The highest BCUT2D eigenvalue weighted by Crippen LogP contribution is 2.22. The molecule has 2 aliphatic rings. The van der Waals surface area contributed by atoms with Crippen LogP contribution in [-0.2, 0) is 9.53 Å². The van der Waals surface area contributed by atoms with Crippen LogP contribution in [0.1, 0.15) is 33.6 Å². The van der Waals surface area contributed by atoms with Gasteiger partial charge in [-0.3, -0.25) is 9.69 Å². The lowest BCUT2D eigenvalue weighted by Crippen LogP contribution is -2.52. The van der Waals surface area contributed by atoms with Gasteiger partial charge in [0.1, 0.15) is 18.0 Å². The lowest BCUT2D eigenvalue weighted by molar-refractivity contribution is -0.138. The highest BCUT2D eigenvalue weighted by atomic mass is 35.5. The van der Waals surface area contributed by atoms with Crippen molar-refractivity contribution in [2.45, 2.75) is 39.2 Å². The molecule has 8 heteroatoms. The normalized spacial score (nSPS) is 18.7. The first-order chi connectivity index (χ1) is 14.7. The number of benzene rings is 1. The molecule has 0 aromatic heterocycles. The summed E-state index contributed by atoms with van der Waals surface area (Å²) < 4.78 is 11.2. The Labute approximate surface area is 190 Å². The van der Waals surface area contributed by atoms with Crippen molar-refractivity contribution in [3.05, 3.63) is 29.3 Å². The van der Waals surface area contributed by atoms with Crippen molar-refractivity contribution < 1.29 is 19.1 Å². The van der Waals surface area contributed by atoms with Crippen LogP contribution in [0, 0.1) is 5.92 Å². The van der Waals surface area contributed by atoms with E-state index in [0.29, 0.717) is 37.6 Å². The number of rotatable bonds is 5. The largest absolute Gasteiger partial charge is 0.492 e. The van der Waals surface area contributed by atoms with Crippen molar-refractivity contribution in [2.24, 2.45) is 5.92 Å². The van der Waals surface area contributed by atoms with Crippen LogP contribution in [0.4, 0.5) is 4.79 Å². The highest BCUT2D eigenvalue weighted by molar-refractivity contribution is 6.30. The second kappa shape index (κ2) is 10.6. The maximum atomic E-state index is 12.9. The summed E-state index contributed by atoms with van der Waals surface area (Å²) in [6.07, 6.45) is 1.12. The Bertz CT molecular complexity index is 734. The first kappa shape index (κ1) is 23.7. The Morgan fingerprint density at radius 3 is 2.16 bits per heavy atom. The summed E-state index contributed by atoms with van der Waals surface area (Å²) in [5, 5.41) is 0.698. The van der Waals surface area contributed by atoms with Gasteiger partial charge < -0.3 is 19.3 Å². The van der Waals surface area contributed by atoms with Crippen LogP contribution in [0.25, 0.3) is 0 Å². The fourth-order valence-electron chi connectivity index (χ4n) is 3.91. The second-order valence-corrected chi connectivity index (χ2v) is 9.65. The van der Waals surface area contributed by atoms with E-state index < -0.39 is 5.60 Å². The molecule has 0 atom stereocenters. The van der Waals surface area contributed by atoms with Gasteiger partial charge in [-0.25, -0.2) is 4.79 Å². The minimum absolute atomic E-state index is 0.00141. The van der Waals surface area contributed by atoms with Crippen LogP contribution >= 0.6 is 11.6 Å². The molecule has 2 saturated heterocycles. The molecule has 31 heavy (non-hydrogen) atoms. The third-order valence-corrected chi connectivity index (χ3v) is 5.92. The smallest absolute Gasteiger partial charge is 0.410 e. The van der Waals surface area contributed by atoms with E-state index in [1.165, 1.54) is 0 Å². The van der Waals surface area contributed by atoms with Gasteiger partial charge in [-0.05, 0) is 57.9 Å². The molecule has 0 bridgehead atoms. The summed E-state index contributed by atoms with van der Waals surface area (Å²) in [5.74, 6) is 1.04. The molecule has 0 N–H and O–H groups in total. The summed E-state index contributed by atoms with van der Waals surface area (Å²) in [6, 6.07) is 7.37. The summed E-state index contributed by atoms with van der Waals surface area (Å²) in [5.41, 5.74) is -0.497. The number of amides is 2. The molecule has 2 fully saturated rings. The Morgan fingerprint density at radius 2 is 1.58 bits per heavy atom. The number of hydrogen-bond donors (Lipinski definition) is 0. The fourth-order valence-corrected chi connectivity index (χ4v) is 4.03. The molecule has 2 heterocycles. The number of carbonyl (C=O) groups excluding carboxylic acids is 2. The van der Waals surface area contributed by atoms with Crippen LogP contribution < -0.4 is 4.74 Å². The molecule has 1 aromatic carbocycles. The maximum Gasteiger partial charge on any atom is 0.410 e. The van der Waals surface area contributed by atoms with Gasteiger partial charge in [0.15, 0.2) is 0 Å². The van der Waals surface area contributed by atoms with E-state index >= 15 is 0 Å². The molecule has 2 amide bonds. The maximum absolute atomic E-state index is 12.9. The molecular formula is C23H34ClN3O4. The van der Waals surface area contributed by atoms with Gasteiger partial charge in [-0.2, -0.15) is 0 Å². The summed E-state index contributed by atoms with van der Waals surface area (Å²) >= 11 is 5.89. The van der Waals surface area contributed by atoms with E-state index in [-0.39, 0.29) is 17.9 Å². The minimum Gasteiger partial charge on any atom is -0.492 e. The first-order valence-corrected chi connectivity index (χ1v) is 11.5. The topological polar surface area (TPSA) is 62.3 Å². The summed E-state index contributed by atoms with van der Waals surface area (Å²) in [7, 11) is 0. The predicted molar refractivity (Wildman–Crippen MR) is 120 cm³/mol. The average Bonchev–Trinajstić information content (AvgIpc) is 2.74. The van der Waals surface area contributed by atoms with E-state index in [2.05, 4.69) is 4.90 Å². The van der Waals surface area contributed by atoms with E-state index in [1.54, 1.807) is 4.90 Å². The molecule has 0 saturated carbocycles. The number of piperidine rings is 1. The Hall–Kier alpha value is -1.99. The van der Waals surface area contributed by atoms with Crippen LogP contribution in [0.3, 0.4) is 0 Å². The number of nitrogens with zero attached hydrogens (tertiary/aromatic N) is 3. The SMILES string of the molecule is CC(C)(C)OC(=O)N1CCC(C(=O)N2CCN(CCOc3ccc(Cl)cc3)CC2)CC1. The molecule has 1 aromatic rings. The lowest BCUT2D eigenvalue weighted by atomic mass is 9.95. The third-order valence-electron chi connectivity index (χ3n) is 5.67. The van der Waals surface area contributed by atoms with Crippen LogP contribution in [0.2, 0.25) is 5.02 Å². The quantitative estimate of drug-likeness (QED) is 0.685. The number of halogens is 1. The highest BCUT2D eigenvalue weighted by Gasteiger charge is 2.33. The van der Waals surface area contributed by atoms with Crippen molar-refractivity contribution >= 4 is 23.6 Å². The Balaban J connectivity index is 1.34. The molecule has 0 spiro atoms. The molecular weight excluding hydrogens is 418 g/mol. The van der Waals surface area contributed by atoms with Gasteiger partial charge in [0.05, 0.1) is 0 Å². The molecule has 2 aliphatic heterocycles. The van der Waals surface area contributed by atoms with Gasteiger partial charge in [0, 0.05) is 56.8 Å². The van der Waals surface area contributed by atoms with Crippen molar-refractivity contribution in [3.8, 4) is 5.75 Å². The molecule has 0 aliphatic carbocycles. The van der Waals surface area contributed by atoms with E-state index in [4.69, 9.17) is 21.1 Å². The number of hydrogen-bond acceptors (Lipinski definition) is 5. The Kier molecular flexibility index (Phi) is 8.06. The lowest BCUT2D eigenvalue weighted by Gasteiger charge is -2.38. The minimum atomic E-state index is -0.497. The summed E-state index contributed by atoms with van der Waals surface area (Å²) in [4.78, 5) is 31.2. The standard InChI is InChI=1S/C23H34ClN3O4/c1-23(2,3)31-22(29)27-10-8-18(9-11-27)21(28)26-14-12-25(13-15-26)16-17-30-20-6-4-19(24)5-7-20/h4-7,18H,8-17H2,1-3H3. The van der Waals surface area contributed by atoms with Gasteiger partial charge in [0.2, 0.25) is 5.91 Å². The average molecular weight is 452 g/mol. The van der Waals surface area contributed by atoms with Gasteiger partial charge in [0.25, 0.3) is 0 Å². The Morgan fingerprint density at radius 1 is 0.968 bits per heavy atom. The zero-order valence-corrected chi connectivity index (χ0v) is 19.6. The zero-order valence-electron chi connectivity index (χ0n) is 18.8. The van der Waals surface area contributed by atoms with Crippen LogP contribution in [-0.4, -0.2) is 84.7 Å². The number of likely N-dealkylation sites (tertiary alicyclic amines) is 1. The van der Waals surface area contributed by atoms with E-state index in [0.717, 1.165) is 38.5 Å². The second-order valence-electron chi connectivity index (χ2n) is 9.21. The number of carbonyl (C=O) groups is 2. The number of ether oxygens (including phenoxy) is 2. The van der Waals surface area contributed by atoms with Crippen molar-refractivity contribution in [2.75, 3.05) is 52.4 Å². The van der Waals surface area contributed by atoms with Gasteiger partial charge >= 0.3 is 6.09 Å². The van der Waals surface area contributed by atoms with Crippen molar-refractivity contribution in [1.82, 2.24) is 14.7 Å². The number of piperazine rings is 1. The van der Waals surface area contributed by atoms with Crippen molar-refractivity contribution in [1.29, 1.82) is 0 Å². The van der Waals surface area contributed by atoms with Crippen LogP contribution in [0.5, 0.6) is 5.75 Å². The third kappa shape index (κ3) is 7.28. The molecule has 172 valence electrons. The monoisotopic (exact) mass is 451 g/mol. The first-order valence-electron chi connectivity index (χ1n) is 11.1. The molecule has 3 rings (SSSR count). The van der Waals surface area contributed by atoms with Crippen LogP contribution in [0.15, 0.2) is 24.3 Å². The zero-order chi connectivity index (χ0) is 22.4. The summed E-state index contributed by atoms with van der Waals surface area (Å²) in [6.45, 7) is 11.4.